The van der Waals surface area contributed by atoms with Crippen molar-refractivity contribution in [2.75, 3.05) is 25.5 Å². The molecule has 0 atom stereocenters. The molecule has 0 amide bonds. The van der Waals surface area contributed by atoms with Crippen LogP contribution in [0.15, 0.2) is 23.4 Å². The lowest BCUT2D eigenvalue weighted by Crippen LogP contribution is -2.34. The first-order chi connectivity index (χ1) is 9.09. The molecule has 5 nitrogen and oxygen atoms in total. The van der Waals surface area contributed by atoms with Crippen LogP contribution in [-0.2, 0) is 10.0 Å². The van der Waals surface area contributed by atoms with Crippen molar-refractivity contribution in [3.05, 3.63) is 18.3 Å². The largest absolute Gasteiger partial charge is 0.386 e. The zero-order valence-corrected chi connectivity index (χ0v) is 12.3. The Balaban J connectivity index is 2.31. The minimum atomic E-state index is -3.50. The molecule has 0 bridgehead atoms. The molecule has 19 heavy (non-hydrogen) atoms. The quantitative estimate of drug-likeness (QED) is 0.830. The Hall–Kier alpha value is -1.14. The summed E-state index contributed by atoms with van der Waals surface area (Å²) in [6, 6.07) is 3.47. The Morgan fingerprint density at radius 1 is 1.47 bits per heavy atom. The summed E-state index contributed by atoms with van der Waals surface area (Å²) in [6.07, 6.45) is 4.61. The van der Waals surface area contributed by atoms with E-state index >= 15 is 0 Å². The normalized spacial score (nSPS) is 15.7. The topological polar surface area (TPSA) is 62.3 Å². The number of nitrogens with zero attached hydrogens (tertiary/aromatic N) is 2. The average Bonchev–Trinajstić information content (AvgIpc) is 3.22. The summed E-state index contributed by atoms with van der Waals surface area (Å²) in [5, 5.41) is 3.03. The van der Waals surface area contributed by atoms with E-state index in [0.717, 1.165) is 19.3 Å². The van der Waals surface area contributed by atoms with Gasteiger partial charge in [-0.2, -0.15) is 4.31 Å². The summed E-state index contributed by atoms with van der Waals surface area (Å²) in [7, 11) is -1.79. The molecular weight excluding hydrogens is 262 g/mol. The van der Waals surface area contributed by atoms with E-state index in [-0.39, 0.29) is 5.03 Å². The van der Waals surface area contributed by atoms with Crippen molar-refractivity contribution < 1.29 is 8.42 Å². The van der Waals surface area contributed by atoms with Crippen LogP contribution in [0.3, 0.4) is 0 Å². The van der Waals surface area contributed by atoms with E-state index in [1.807, 2.05) is 6.92 Å². The van der Waals surface area contributed by atoms with Gasteiger partial charge in [-0.1, -0.05) is 6.92 Å². The second-order valence-electron chi connectivity index (χ2n) is 4.91. The molecule has 0 unspecified atom stereocenters. The zero-order chi connectivity index (χ0) is 13.9. The fraction of sp³-hybridized carbons (Fsp3) is 0.615. The van der Waals surface area contributed by atoms with Crippen LogP contribution in [0.4, 0.5) is 5.69 Å². The minimum absolute atomic E-state index is 0.131. The lowest BCUT2D eigenvalue weighted by Gasteiger charge is -2.22. The highest BCUT2D eigenvalue weighted by atomic mass is 32.2. The SMILES string of the molecule is CCCN(CC1CC1)S(=O)(=O)c1ncccc1NC. The van der Waals surface area contributed by atoms with Crippen LogP contribution >= 0.6 is 0 Å². The maximum Gasteiger partial charge on any atom is 0.262 e. The van der Waals surface area contributed by atoms with Crippen molar-refractivity contribution in [2.45, 2.75) is 31.2 Å². The van der Waals surface area contributed by atoms with Crippen LogP contribution in [0, 0.1) is 5.92 Å². The van der Waals surface area contributed by atoms with Gasteiger partial charge in [0.1, 0.15) is 0 Å². The van der Waals surface area contributed by atoms with E-state index in [1.54, 1.807) is 23.5 Å². The molecule has 1 aliphatic carbocycles. The maximum atomic E-state index is 12.7. The molecule has 0 spiro atoms. The van der Waals surface area contributed by atoms with Crippen LogP contribution in [0.1, 0.15) is 26.2 Å². The first-order valence-corrected chi connectivity index (χ1v) is 8.16. The number of hydrogen-bond acceptors (Lipinski definition) is 4. The van der Waals surface area contributed by atoms with Gasteiger partial charge in [0.2, 0.25) is 0 Å². The summed E-state index contributed by atoms with van der Waals surface area (Å²) in [4.78, 5) is 4.06. The van der Waals surface area contributed by atoms with Gasteiger partial charge in [-0.05, 0) is 37.3 Å². The molecule has 1 aromatic heterocycles. The van der Waals surface area contributed by atoms with Crippen molar-refractivity contribution in [3.63, 3.8) is 0 Å². The second kappa shape index (κ2) is 5.88. The van der Waals surface area contributed by atoms with Crippen LogP contribution in [0.25, 0.3) is 0 Å². The fourth-order valence-corrected chi connectivity index (χ4v) is 3.77. The molecule has 2 rings (SSSR count). The van der Waals surface area contributed by atoms with Crippen LogP contribution < -0.4 is 5.32 Å². The van der Waals surface area contributed by atoms with Gasteiger partial charge in [0.25, 0.3) is 10.0 Å². The molecule has 1 heterocycles. The van der Waals surface area contributed by atoms with Gasteiger partial charge < -0.3 is 5.32 Å². The van der Waals surface area contributed by atoms with E-state index in [1.165, 1.54) is 6.20 Å². The van der Waals surface area contributed by atoms with Crippen molar-refractivity contribution in [2.24, 2.45) is 5.92 Å². The summed E-state index contributed by atoms with van der Waals surface area (Å²) >= 11 is 0. The second-order valence-corrected chi connectivity index (χ2v) is 6.77. The van der Waals surface area contributed by atoms with E-state index in [0.29, 0.717) is 24.7 Å². The Bertz CT molecular complexity index is 526. The Kier molecular flexibility index (Phi) is 4.42. The molecule has 0 saturated heterocycles. The third-order valence-electron chi connectivity index (χ3n) is 3.26. The molecule has 0 radical (unpaired) electrons. The monoisotopic (exact) mass is 283 g/mol. The molecule has 0 aliphatic heterocycles. The Morgan fingerprint density at radius 2 is 2.21 bits per heavy atom. The predicted octanol–water partition coefficient (Wildman–Crippen LogP) is 1.93. The summed E-state index contributed by atoms with van der Waals surface area (Å²) in [5.74, 6) is 0.531. The first-order valence-electron chi connectivity index (χ1n) is 6.72. The Labute approximate surface area is 115 Å². The highest BCUT2D eigenvalue weighted by Gasteiger charge is 2.33. The minimum Gasteiger partial charge on any atom is -0.386 e. The van der Waals surface area contributed by atoms with Gasteiger partial charge in [-0.15, -0.1) is 0 Å². The smallest absolute Gasteiger partial charge is 0.262 e. The van der Waals surface area contributed by atoms with Crippen molar-refractivity contribution >= 4 is 15.7 Å². The van der Waals surface area contributed by atoms with Gasteiger partial charge in [-0.3, -0.25) is 0 Å². The molecule has 1 fully saturated rings. The van der Waals surface area contributed by atoms with Gasteiger partial charge in [0, 0.05) is 26.3 Å². The standard InChI is InChI=1S/C13H21N3O2S/c1-3-9-16(10-11-6-7-11)19(17,18)13-12(14-2)5-4-8-15-13/h4-5,8,11,14H,3,6-7,9-10H2,1-2H3. The molecule has 1 aromatic rings. The van der Waals surface area contributed by atoms with Crippen LogP contribution in [0.5, 0.6) is 0 Å². The van der Waals surface area contributed by atoms with Crippen LogP contribution in [-0.4, -0.2) is 37.8 Å². The molecule has 1 N–H and O–H groups in total. The number of pyridine rings is 1. The lowest BCUT2D eigenvalue weighted by atomic mass is 10.4. The molecule has 1 aliphatic rings. The Morgan fingerprint density at radius 3 is 2.79 bits per heavy atom. The van der Waals surface area contributed by atoms with E-state index < -0.39 is 10.0 Å². The third kappa shape index (κ3) is 3.25. The molecule has 106 valence electrons. The molecular formula is C13H21N3O2S. The zero-order valence-electron chi connectivity index (χ0n) is 11.5. The number of hydrogen-bond donors (Lipinski definition) is 1. The van der Waals surface area contributed by atoms with Crippen LogP contribution in [0.2, 0.25) is 0 Å². The average molecular weight is 283 g/mol. The van der Waals surface area contributed by atoms with E-state index in [9.17, 15) is 8.42 Å². The van der Waals surface area contributed by atoms with Crippen molar-refractivity contribution in [1.29, 1.82) is 0 Å². The first kappa shape index (κ1) is 14.3. The number of rotatable bonds is 7. The number of anilines is 1. The third-order valence-corrected chi connectivity index (χ3v) is 5.08. The van der Waals surface area contributed by atoms with E-state index in [2.05, 4.69) is 10.3 Å². The number of nitrogens with one attached hydrogen (secondary N) is 1. The predicted molar refractivity (Wildman–Crippen MR) is 75.6 cm³/mol. The molecule has 1 saturated carbocycles. The number of aromatic nitrogens is 1. The van der Waals surface area contributed by atoms with E-state index in [4.69, 9.17) is 0 Å². The molecule has 0 aromatic carbocycles. The lowest BCUT2D eigenvalue weighted by molar-refractivity contribution is 0.394. The van der Waals surface area contributed by atoms with Crippen molar-refractivity contribution in [1.82, 2.24) is 9.29 Å². The highest BCUT2D eigenvalue weighted by molar-refractivity contribution is 7.89. The number of sulfonamides is 1. The maximum absolute atomic E-state index is 12.7. The molecule has 6 heteroatoms. The van der Waals surface area contributed by atoms with Gasteiger partial charge >= 0.3 is 0 Å². The fourth-order valence-electron chi connectivity index (χ4n) is 2.06. The van der Waals surface area contributed by atoms with Gasteiger partial charge in [0.05, 0.1) is 5.69 Å². The van der Waals surface area contributed by atoms with Crippen molar-refractivity contribution in [3.8, 4) is 0 Å². The summed E-state index contributed by atoms with van der Waals surface area (Å²) < 4.78 is 27.0. The summed E-state index contributed by atoms with van der Waals surface area (Å²) in [6.45, 7) is 3.17. The van der Waals surface area contributed by atoms with Gasteiger partial charge in [0.15, 0.2) is 5.03 Å². The summed E-state index contributed by atoms with van der Waals surface area (Å²) in [5.41, 5.74) is 0.555. The highest BCUT2D eigenvalue weighted by Crippen LogP contribution is 2.32. The van der Waals surface area contributed by atoms with Gasteiger partial charge in [-0.25, -0.2) is 13.4 Å².